The van der Waals surface area contributed by atoms with Gasteiger partial charge in [-0.1, -0.05) is 20.8 Å². The molecular weight excluding hydrogens is 216 g/mol. The summed E-state index contributed by atoms with van der Waals surface area (Å²) in [4.78, 5) is 18.5. The van der Waals surface area contributed by atoms with Crippen LogP contribution in [0, 0.1) is 5.92 Å². The van der Waals surface area contributed by atoms with Gasteiger partial charge in [0, 0.05) is 19.0 Å². The fraction of sp³-hybridized carbons (Fsp3) is 0.667. The van der Waals surface area contributed by atoms with E-state index in [9.17, 15) is 4.79 Å². The number of aromatic amines is 1. The van der Waals surface area contributed by atoms with Gasteiger partial charge in [-0.3, -0.25) is 4.79 Å². The maximum Gasteiger partial charge on any atom is 0.252 e. The molecule has 0 aromatic carbocycles. The van der Waals surface area contributed by atoms with E-state index in [1.54, 1.807) is 0 Å². The van der Waals surface area contributed by atoms with Crippen molar-refractivity contribution in [1.29, 1.82) is 0 Å². The number of nitrogens with zero attached hydrogens (tertiary/aromatic N) is 1. The molecule has 1 unspecified atom stereocenters. The maximum absolute atomic E-state index is 11.4. The van der Waals surface area contributed by atoms with Gasteiger partial charge < -0.3 is 16.0 Å². The van der Waals surface area contributed by atoms with Crippen LogP contribution in [0.25, 0.3) is 0 Å². The Morgan fingerprint density at radius 1 is 1.59 bits per heavy atom. The third-order valence-electron chi connectivity index (χ3n) is 3.24. The molecule has 0 aliphatic rings. The van der Waals surface area contributed by atoms with Crippen molar-refractivity contribution < 1.29 is 0 Å². The fourth-order valence-corrected chi connectivity index (χ4v) is 1.46. The fourth-order valence-electron chi connectivity index (χ4n) is 1.46. The molecule has 1 aromatic heterocycles. The molecule has 0 radical (unpaired) electrons. The van der Waals surface area contributed by atoms with E-state index in [1.807, 2.05) is 13.8 Å². The van der Waals surface area contributed by atoms with Crippen molar-refractivity contribution in [2.24, 2.45) is 11.7 Å². The number of nitrogens with two attached hydrogens (primary N) is 1. The van der Waals surface area contributed by atoms with Gasteiger partial charge in [0.05, 0.1) is 5.54 Å². The molecular formula is C12H22N4O. The lowest BCUT2D eigenvalue weighted by molar-refractivity contribution is 0.381. The summed E-state index contributed by atoms with van der Waals surface area (Å²) in [6.45, 7) is 8.65. The Morgan fingerprint density at radius 3 is 2.71 bits per heavy atom. The van der Waals surface area contributed by atoms with Crippen LogP contribution in [0.3, 0.4) is 0 Å². The van der Waals surface area contributed by atoms with Crippen LogP contribution in [-0.4, -0.2) is 22.1 Å². The zero-order valence-corrected chi connectivity index (χ0v) is 11.0. The molecule has 1 heterocycles. The summed E-state index contributed by atoms with van der Waals surface area (Å²) in [5, 5.41) is 3.26. The number of hydrogen-bond donors (Lipinski definition) is 3. The standard InChI is InChI=1S/C12H22N4O/c1-5-9-14-10(6-11(17)15-9)16-12(4,7-13)8(2)3/h6,8H,5,7,13H2,1-4H3,(H2,14,15,16,17). The maximum atomic E-state index is 11.4. The predicted octanol–water partition coefficient (Wildman–Crippen LogP) is 1.12. The van der Waals surface area contributed by atoms with Crippen LogP contribution in [-0.2, 0) is 6.42 Å². The molecule has 0 saturated heterocycles. The summed E-state index contributed by atoms with van der Waals surface area (Å²) < 4.78 is 0. The largest absolute Gasteiger partial charge is 0.363 e. The lowest BCUT2D eigenvalue weighted by atomic mass is 9.88. The van der Waals surface area contributed by atoms with Crippen molar-refractivity contribution in [3.05, 3.63) is 22.2 Å². The van der Waals surface area contributed by atoms with Gasteiger partial charge in [-0.15, -0.1) is 0 Å². The van der Waals surface area contributed by atoms with E-state index >= 15 is 0 Å². The van der Waals surface area contributed by atoms with Gasteiger partial charge in [0.25, 0.3) is 5.56 Å². The topological polar surface area (TPSA) is 83.8 Å². The summed E-state index contributed by atoms with van der Waals surface area (Å²) in [6.07, 6.45) is 0.700. The first kappa shape index (κ1) is 13.7. The van der Waals surface area contributed by atoms with E-state index in [4.69, 9.17) is 5.73 Å². The van der Waals surface area contributed by atoms with Crippen LogP contribution in [0.15, 0.2) is 10.9 Å². The summed E-state index contributed by atoms with van der Waals surface area (Å²) in [5.74, 6) is 1.62. The van der Waals surface area contributed by atoms with Gasteiger partial charge in [0.15, 0.2) is 0 Å². The molecule has 5 nitrogen and oxygen atoms in total. The highest BCUT2D eigenvalue weighted by Crippen LogP contribution is 2.19. The van der Waals surface area contributed by atoms with Gasteiger partial charge in [-0.2, -0.15) is 0 Å². The zero-order chi connectivity index (χ0) is 13.1. The summed E-state index contributed by atoms with van der Waals surface area (Å²) >= 11 is 0. The lowest BCUT2D eigenvalue weighted by Crippen LogP contribution is -2.47. The van der Waals surface area contributed by atoms with E-state index in [2.05, 4.69) is 29.1 Å². The van der Waals surface area contributed by atoms with Gasteiger partial charge in [0.1, 0.15) is 11.6 Å². The first-order chi connectivity index (χ1) is 7.91. The molecule has 96 valence electrons. The normalized spacial score (nSPS) is 14.7. The number of H-pyrrole nitrogens is 1. The first-order valence-corrected chi connectivity index (χ1v) is 5.99. The van der Waals surface area contributed by atoms with Gasteiger partial charge in [-0.05, 0) is 12.8 Å². The summed E-state index contributed by atoms with van der Waals surface area (Å²) in [7, 11) is 0. The van der Waals surface area contributed by atoms with Crippen LogP contribution in [0.4, 0.5) is 5.82 Å². The van der Waals surface area contributed by atoms with Gasteiger partial charge in [0.2, 0.25) is 0 Å². The summed E-state index contributed by atoms with van der Waals surface area (Å²) in [6, 6.07) is 1.47. The van der Waals surface area contributed by atoms with E-state index in [0.29, 0.717) is 30.5 Å². The lowest BCUT2D eigenvalue weighted by Gasteiger charge is -2.34. The third-order valence-corrected chi connectivity index (χ3v) is 3.24. The van der Waals surface area contributed by atoms with Crippen molar-refractivity contribution in [2.45, 2.75) is 39.7 Å². The van der Waals surface area contributed by atoms with E-state index in [0.717, 1.165) is 0 Å². The Labute approximate surface area is 102 Å². The second-order valence-electron chi connectivity index (χ2n) is 4.83. The molecule has 0 aliphatic heterocycles. The third kappa shape index (κ3) is 3.30. The molecule has 4 N–H and O–H groups in total. The zero-order valence-electron chi connectivity index (χ0n) is 11.0. The minimum absolute atomic E-state index is 0.137. The monoisotopic (exact) mass is 238 g/mol. The van der Waals surface area contributed by atoms with Crippen molar-refractivity contribution in [1.82, 2.24) is 9.97 Å². The molecule has 0 saturated carbocycles. The highest BCUT2D eigenvalue weighted by molar-refractivity contribution is 5.37. The Bertz CT molecular complexity index is 427. The first-order valence-electron chi connectivity index (χ1n) is 5.99. The van der Waals surface area contributed by atoms with E-state index < -0.39 is 0 Å². The Hall–Kier alpha value is -1.36. The second-order valence-corrected chi connectivity index (χ2v) is 4.83. The molecule has 1 rings (SSSR count). The number of aryl methyl sites for hydroxylation is 1. The molecule has 1 atom stereocenters. The highest BCUT2D eigenvalue weighted by Gasteiger charge is 2.26. The van der Waals surface area contributed by atoms with Gasteiger partial charge >= 0.3 is 0 Å². The molecule has 0 aliphatic carbocycles. The number of nitrogens with one attached hydrogen (secondary N) is 2. The van der Waals surface area contributed by atoms with Crippen LogP contribution in [0.5, 0.6) is 0 Å². The highest BCUT2D eigenvalue weighted by atomic mass is 16.1. The minimum atomic E-state index is -0.258. The molecule has 5 heteroatoms. The van der Waals surface area contributed by atoms with E-state index in [1.165, 1.54) is 6.07 Å². The Balaban J connectivity index is 3.01. The minimum Gasteiger partial charge on any atom is -0.363 e. The Morgan fingerprint density at radius 2 is 2.24 bits per heavy atom. The molecule has 0 spiro atoms. The second kappa shape index (κ2) is 5.31. The summed E-state index contributed by atoms with van der Waals surface area (Å²) in [5.41, 5.74) is 5.39. The number of hydrogen-bond acceptors (Lipinski definition) is 4. The van der Waals surface area contributed by atoms with Crippen LogP contribution < -0.4 is 16.6 Å². The van der Waals surface area contributed by atoms with E-state index in [-0.39, 0.29) is 11.1 Å². The van der Waals surface area contributed by atoms with Crippen LogP contribution in [0.1, 0.15) is 33.5 Å². The van der Waals surface area contributed by atoms with Crippen LogP contribution in [0.2, 0.25) is 0 Å². The molecule has 0 amide bonds. The quantitative estimate of drug-likeness (QED) is 0.717. The van der Waals surface area contributed by atoms with Crippen molar-refractivity contribution in [3.8, 4) is 0 Å². The molecule has 1 aromatic rings. The number of rotatable bonds is 5. The molecule has 17 heavy (non-hydrogen) atoms. The Kier molecular flexibility index (Phi) is 4.28. The van der Waals surface area contributed by atoms with Crippen molar-refractivity contribution in [2.75, 3.05) is 11.9 Å². The van der Waals surface area contributed by atoms with Crippen molar-refractivity contribution in [3.63, 3.8) is 0 Å². The van der Waals surface area contributed by atoms with Gasteiger partial charge in [-0.25, -0.2) is 4.98 Å². The predicted molar refractivity (Wildman–Crippen MR) is 70.2 cm³/mol. The number of aromatic nitrogens is 2. The number of anilines is 1. The average molecular weight is 238 g/mol. The SMILES string of the molecule is CCc1nc(NC(C)(CN)C(C)C)cc(=O)[nH]1. The van der Waals surface area contributed by atoms with Crippen molar-refractivity contribution >= 4 is 5.82 Å². The smallest absolute Gasteiger partial charge is 0.252 e. The molecule has 0 fully saturated rings. The average Bonchev–Trinajstić information content (AvgIpc) is 2.27. The molecule has 0 bridgehead atoms. The van der Waals surface area contributed by atoms with Crippen LogP contribution >= 0.6 is 0 Å².